The highest BCUT2D eigenvalue weighted by Crippen LogP contribution is 2.31. The number of aliphatic hydroxyl groups is 1. The minimum atomic E-state index is -0.464. The van der Waals surface area contributed by atoms with Crippen LogP contribution in [0.5, 0.6) is 0 Å². The monoisotopic (exact) mass is 328 g/mol. The minimum absolute atomic E-state index is 0.0177. The molecule has 2 aliphatic heterocycles. The van der Waals surface area contributed by atoms with Crippen LogP contribution < -0.4 is 0 Å². The standard InChI is InChI=1S/C18H20N2O4/c21-13-9-19(10-13)16(22)11-6-7-14-15(8-11)18(24)20(17(14)23)12-4-2-1-3-5-12/h6-8,12-13,21H,1-5,9-10H2. The Morgan fingerprint density at radius 3 is 2.33 bits per heavy atom. The first-order valence-electron chi connectivity index (χ1n) is 8.55. The third-order valence-corrected chi connectivity index (χ3v) is 5.25. The van der Waals surface area contributed by atoms with E-state index in [0.29, 0.717) is 29.8 Å². The third-order valence-electron chi connectivity index (χ3n) is 5.25. The van der Waals surface area contributed by atoms with Gasteiger partial charge in [0.15, 0.2) is 0 Å². The Morgan fingerprint density at radius 2 is 1.67 bits per heavy atom. The molecule has 3 amide bonds. The second-order valence-corrected chi connectivity index (χ2v) is 6.90. The molecule has 0 unspecified atom stereocenters. The summed E-state index contributed by atoms with van der Waals surface area (Å²) in [6, 6.07) is 4.70. The van der Waals surface area contributed by atoms with Crippen molar-refractivity contribution in [2.75, 3.05) is 13.1 Å². The average Bonchev–Trinajstić information content (AvgIpc) is 2.83. The summed E-state index contributed by atoms with van der Waals surface area (Å²) in [5, 5.41) is 9.33. The number of amides is 3. The van der Waals surface area contributed by atoms with E-state index in [4.69, 9.17) is 0 Å². The number of likely N-dealkylation sites (tertiary alicyclic amines) is 1. The lowest BCUT2D eigenvalue weighted by molar-refractivity contribution is 0.00589. The number of fused-ring (bicyclic) bond motifs is 1. The SMILES string of the molecule is O=C(c1ccc2c(c1)C(=O)N(C1CCCCC1)C2=O)N1CC(O)C1. The van der Waals surface area contributed by atoms with Gasteiger partial charge in [-0.2, -0.15) is 0 Å². The molecule has 24 heavy (non-hydrogen) atoms. The number of aliphatic hydroxyl groups excluding tert-OH is 1. The zero-order chi connectivity index (χ0) is 16.8. The van der Waals surface area contributed by atoms with Crippen LogP contribution in [0.4, 0.5) is 0 Å². The van der Waals surface area contributed by atoms with Crippen LogP contribution in [0, 0.1) is 0 Å². The number of imide groups is 1. The predicted molar refractivity (Wildman–Crippen MR) is 85.7 cm³/mol. The normalized spacial score (nSPS) is 21.9. The molecule has 6 nitrogen and oxygen atoms in total. The molecule has 3 aliphatic rings. The fourth-order valence-electron chi connectivity index (χ4n) is 3.87. The Bertz CT molecular complexity index is 718. The first kappa shape index (κ1) is 15.3. The van der Waals surface area contributed by atoms with E-state index in [9.17, 15) is 19.5 Å². The van der Waals surface area contributed by atoms with Crippen LogP contribution in [0.25, 0.3) is 0 Å². The number of nitrogens with zero attached hydrogens (tertiary/aromatic N) is 2. The van der Waals surface area contributed by atoms with Crippen LogP contribution in [0.1, 0.15) is 63.2 Å². The summed E-state index contributed by atoms with van der Waals surface area (Å²) in [6.45, 7) is 0.633. The number of benzene rings is 1. The summed E-state index contributed by atoms with van der Waals surface area (Å²) >= 11 is 0. The average molecular weight is 328 g/mol. The van der Waals surface area contributed by atoms with E-state index >= 15 is 0 Å². The number of β-amino-alcohol motifs (C(OH)–C–C–N with tert-alkyl or cyclic N) is 1. The Balaban J connectivity index is 1.60. The van der Waals surface area contributed by atoms with Crippen LogP contribution in [0.2, 0.25) is 0 Å². The maximum atomic E-state index is 12.7. The van der Waals surface area contributed by atoms with E-state index in [2.05, 4.69) is 0 Å². The van der Waals surface area contributed by atoms with E-state index in [0.717, 1.165) is 32.1 Å². The van der Waals surface area contributed by atoms with Gasteiger partial charge in [-0.1, -0.05) is 19.3 Å². The van der Waals surface area contributed by atoms with E-state index in [1.165, 1.54) is 15.9 Å². The zero-order valence-corrected chi connectivity index (χ0v) is 13.4. The predicted octanol–water partition coefficient (Wildman–Crippen LogP) is 1.43. The maximum absolute atomic E-state index is 12.7. The highest BCUT2D eigenvalue weighted by Gasteiger charge is 2.41. The molecular weight excluding hydrogens is 308 g/mol. The second-order valence-electron chi connectivity index (χ2n) is 6.90. The van der Waals surface area contributed by atoms with Gasteiger partial charge >= 0.3 is 0 Å². The topological polar surface area (TPSA) is 77.9 Å². The summed E-state index contributed by atoms with van der Waals surface area (Å²) < 4.78 is 0. The second kappa shape index (κ2) is 5.70. The van der Waals surface area contributed by atoms with Gasteiger partial charge in [0.25, 0.3) is 17.7 Å². The molecule has 2 heterocycles. The molecule has 6 heteroatoms. The summed E-state index contributed by atoms with van der Waals surface area (Å²) in [6.07, 6.45) is 4.50. The van der Waals surface area contributed by atoms with Crippen LogP contribution in [-0.4, -0.2) is 57.9 Å². The van der Waals surface area contributed by atoms with Crippen LogP contribution in [-0.2, 0) is 0 Å². The molecule has 0 spiro atoms. The number of carbonyl (C=O) groups excluding carboxylic acids is 3. The van der Waals surface area contributed by atoms with Gasteiger partial charge in [-0.3, -0.25) is 19.3 Å². The Hall–Kier alpha value is -2.21. The first-order valence-corrected chi connectivity index (χ1v) is 8.55. The highest BCUT2D eigenvalue weighted by atomic mass is 16.3. The van der Waals surface area contributed by atoms with Crippen molar-refractivity contribution < 1.29 is 19.5 Å². The van der Waals surface area contributed by atoms with Gasteiger partial charge in [0.05, 0.1) is 17.2 Å². The smallest absolute Gasteiger partial charge is 0.261 e. The van der Waals surface area contributed by atoms with Crippen molar-refractivity contribution in [1.82, 2.24) is 9.80 Å². The molecule has 1 N–H and O–H groups in total. The van der Waals surface area contributed by atoms with Crippen molar-refractivity contribution in [2.45, 2.75) is 44.2 Å². The molecule has 126 valence electrons. The number of carbonyl (C=O) groups is 3. The van der Waals surface area contributed by atoms with Gasteiger partial charge in [-0.15, -0.1) is 0 Å². The van der Waals surface area contributed by atoms with E-state index in [1.54, 1.807) is 12.1 Å². The summed E-state index contributed by atoms with van der Waals surface area (Å²) in [4.78, 5) is 40.6. The van der Waals surface area contributed by atoms with Crippen LogP contribution >= 0.6 is 0 Å². The molecule has 2 fully saturated rings. The van der Waals surface area contributed by atoms with Gasteiger partial charge in [0.2, 0.25) is 0 Å². The lowest BCUT2D eigenvalue weighted by Gasteiger charge is -2.35. The summed E-state index contributed by atoms with van der Waals surface area (Å²) in [5.41, 5.74) is 1.12. The lowest BCUT2D eigenvalue weighted by Crippen LogP contribution is -2.53. The van der Waals surface area contributed by atoms with Crippen molar-refractivity contribution in [3.63, 3.8) is 0 Å². The minimum Gasteiger partial charge on any atom is -0.389 e. The van der Waals surface area contributed by atoms with Crippen molar-refractivity contribution >= 4 is 17.7 Å². The van der Waals surface area contributed by atoms with Crippen molar-refractivity contribution in [3.05, 3.63) is 34.9 Å². The molecule has 4 rings (SSSR count). The van der Waals surface area contributed by atoms with Crippen molar-refractivity contribution in [1.29, 1.82) is 0 Å². The largest absolute Gasteiger partial charge is 0.389 e. The summed E-state index contributed by atoms with van der Waals surface area (Å²) in [5.74, 6) is -0.722. The van der Waals surface area contributed by atoms with Gasteiger partial charge in [0.1, 0.15) is 0 Å². The molecule has 0 bridgehead atoms. The van der Waals surface area contributed by atoms with E-state index in [-0.39, 0.29) is 23.8 Å². The fraction of sp³-hybridized carbons (Fsp3) is 0.500. The molecule has 1 aliphatic carbocycles. The summed E-state index contributed by atoms with van der Waals surface area (Å²) in [7, 11) is 0. The van der Waals surface area contributed by atoms with Crippen molar-refractivity contribution in [2.24, 2.45) is 0 Å². The third kappa shape index (κ3) is 2.33. The molecule has 0 aromatic heterocycles. The van der Waals surface area contributed by atoms with Crippen LogP contribution in [0.15, 0.2) is 18.2 Å². The molecule has 1 saturated heterocycles. The van der Waals surface area contributed by atoms with Gasteiger partial charge in [-0.25, -0.2) is 0 Å². The Kier molecular flexibility index (Phi) is 3.64. The lowest BCUT2D eigenvalue weighted by atomic mass is 9.94. The van der Waals surface area contributed by atoms with Gasteiger partial charge in [0, 0.05) is 24.7 Å². The molecule has 1 saturated carbocycles. The Morgan fingerprint density at radius 1 is 1.00 bits per heavy atom. The van der Waals surface area contributed by atoms with E-state index in [1.807, 2.05) is 0 Å². The molecule has 1 aromatic carbocycles. The quantitative estimate of drug-likeness (QED) is 0.833. The zero-order valence-electron chi connectivity index (χ0n) is 13.4. The molecule has 0 radical (unpaired) electrons. The fourth-order valence-corrected chi connectivity index (χ4v) is 3.87. The van der Waals surface area contributed by atoms with Crippen LogP contribution in [0.3, 0.4) is 0 Å². The number of hydrogen-bond donors (Lipinski definition) is 1. The molecular formula is C18H20N2O4. The maximum Gasteiger partial charge on any atom is 0.261 e. The highest BCUT2D eigenvalue weighted by molar-refractivity contribution is 6.22. The molecule has 0 atom stereocenters. The first-order chi connectivity index (χ1) is 11.6. The van der Waals surface area contributed by atoms with Crippen molar-refractivity contribution in [3.8, 4) is 0 Å². The Labute approximate surface area is 140 Å². The number of hydrogen-bond acceptors (Lipinski definition) is 4. The van der Waals surface area contributed by atoms with E-state index < -0.39 is 6.10 Å². The number of rotatable bonds is 2. The van der Waals surface area contributed by atoms with Gasteiger partial charge < -0.3 is 10.0 Å². The van der Waals surface area contributed by atoms with Gasteiger partial charge in [-0.05, 0) is 31.0 Å². The molecule has 1 aromatic rings.